The van der Waals surface area contributed by atoms with Gasteiger partial charge < -0.3 is 10.6 Å². The Morgan fingerprint density at radius 2 is 2.17 bits per heavy atom. The van der Waals surface area contributed by atoms with Crippen LogP contribution in [0.5, 0.6) is 0 Å². The summed E-state index contributed by atoms with van der Waals surface area (Å²) in [4.78, 5) is 12.4. The number of fused-ring (bicyclic) bond motifs is 1. The molecule has 23 heavy (non-hydrogen) atoms. The van der Waals surface area contributed by atoms with Crippen LogP contribution in [-0.2, 0) is 16.4 Å². The molecule has 6 nitrogen and oxygen atoms in total. The number of nitrogens with zero attached hydrogens (tertiary/aromatic N) is 1. The number of carbonyl (C=O) groups excluding carboxylic acids is 1. The zero-order chi connectivity index (χ0) is 16.6. The monoisotopic (exact) mass is 337 g/mol. The van der Waals surface area contributed by atoms with E-state index in [9.17, 15) is 13.2 Å². The highest BCUT2D eigenvalue weighted by Crippen LogP contribution is 2.34. The Kier molecular flexibility index (Phi) is 4.33. The number of piperidine rings is 1. The summed E-state index contributed by atoms with van der Waals surface area (Å²) in [6, 6.07) is 5.33. The molecule has 1 aromatic carbocycles. The van der Waals surface area contributed by atoms with Gasteiger partial charge in [0, 0.05) is 24.2 Å². The van der Waals surface area contributed by atoms with Crippen molar-refractivity contribution in [3.8, 4) is 0 Å². The number of anilines is 1. The van der Waals surface area contributed by atoms with E-state index < -0.39 is 10.0 Å². The summed E-state index contributed by atoms with van der Waals surface area (Å²) in [5.41, 5.74) is 2.20. The Labute approximate surface area is 137 Å². The smallest absolute Gasteiger partial charge is 0.251 e. The van der Waals surface area contributed by atoms with Crippen LogP contribution in [0.4, 0.5) is 5.69 Å². The van der Waals surface area contributed by atoms with E-state index in [0.29, 0.717) is 17.7 Å². The van der Waals surface area contributed by atoms with E-state index >= 15 is 0 Å². The van der Waals surface area contributed by atoms with E-state index in [2.05, 4.69) is 10.6 Å². The minimum Gasteiger partial charge on any atom is -0.348 e. The number of hydrogen-bond donors (Lipinski definition) is 2. The van der Waals surface area contributed by atoms with Gasteiger partial charge in [-0.1, -0.05) is 0 Å². The Morgan fingerprint density at radius 3 is 2.83 bits per heavy atom. The standard InChI is InChI=1S/C16H23N3O3S/c1-11-8-13-9-12(5-6-15(13)19(11)23(2,21)22)16(20)18-14-4-3-7-17-10-14/h5-6,9,11,14,17H,3-4,7-8,10H2,1-2H3,(H,18,20)/t11?,14-/m0/s1. The van der Waals surface area contributed by atoms with Crippen LogP contribution in [0, 0.1) is 0 Å². The zero-order valence-corrected chi connectivity index (χ0v) is 14.3. The van der Waals surface area contributed by atoms with Gasteiger partial charge in [0.05, 0.1) is 11.9 Å². The molecule has 3 rings (SSSR count). The van der Waals surface area contributed by atoms with Gasteiger partial charge in [0.15, 0.2) is 0 Å². The third-order valence-electron chi connectivity index (χ3n) is 4.48. The lowest BCUT2D eigenvalue weighted by Crippen LogP contribution is -2.45. The molecule has 1 unspecified atom stereocenters. The summed E-state index contributed by atoms with van der Waals surface area (Å²) in [5, 5.41) is 6.32. The molecule has 0 aliphatic carbocycles. The van der Waals surface area contributed by atoms with Crippen molar-refractivity contribution in [1.29, 1.82) is 0 Å². The van der Waals surface area contributed by atoms with Crippen LogP contribution in [0.25, 0.3) is 0 Å². The maximum absolute atomic E-state index is 12.4. The SMILES string of the molecule is CC1Cc2cc(C(=O)N[C@H]3CCCNC3)ccc2N1S(C)(=O)=O. The van der Waals surface area contributed by atoms with Gasteiger partial charge >= 0.3 is 0 Å². The van der Waals surface area contributed by atoms with Crippen molar-refractivity contribution in [1.82, 2.24) is 10.6 Å². The van der Waals surface area contributed by atoms with Crippen molar-refractivity contribution in [2.75, 3.05) is 23.7 Å². The van der Waals surface area contributed by atoms with Crippen LogP contribution in [0.3, 0.4) is 0 Å². The molecule has 1 amide bonds. The predicted octanol–water partition coefficient (Wildman–Crippen LogP) is 0.879. The lowest BCUT2D eigenvalue weighted by molar-refractivity contribution is 0.0930. The highest BCUT2D eigenvalue weighted by atomic mass is 32.2. The van der Waals surface area contributed by atoms with E-state index in [1.165, 1.54) is 10.6 Å². The second-order valence-electron chi connectivity index (χ2n) is 6.47. The van der Waals surface area contributed by atoms with Crippen molar-refractivity contribution in [2.45, 2.75) is 38.3 Å². The molecule has 0 spiro atoms. The van der Waals surface area contributed by atoms with Gasteiger partial charge in [-0.2, -0.15) is 0 Å². The minimum atomic E-state index is -3.30. The second-order valence-corrected chi connectivity index (χ2v) is 8.33. The first-order valence-corrected chi connectivity index (χ1v) is 9.85. The number of rotatable bonds is 3. The molecule has 7 heteroatoms. The number of amides is 1. The number of sulfonamides is 1. The van der Waals surface area contributed by atoms with Gasteiger partial charge in [-0.15, -0.1) is 0 Å². The zero-order valence-electron chi connectivity index (χ0n) is 13.5. The molecule has 0 saturated carbocycles. The van der Waals surface area contributed by atoms with Gasteiger partial charge in [-0.05, 0) is 56.5 Å². The van der Waals surface area contributed by atoms with E-state index in [1.54, 1.807) is 12.1 Å². The molecule has 2 aliphatic rings. The first kappa shape index (κ1) is 16.3. The molecule has 1 saturated heterocycles. The Balaban J connectivity index is 1.79. The van der Waals surface area contributed by atoms with Crippen LogP contribution in [0.2, 0.25) is 0 Å². The van der Waals surface area contributed by atoms with Crippen molar-refractivity contribution >= 4 is 21.6 Å². The van der Waals surface area contributed by atoms with Crippen molar-refractivity contribution < 1.29 is 13.2 Å². The Hall–Kier alpha value is -1.60. The third kappa shape index (κ3) is 3.35. The molecular formula is C16H23N3O3S. The maximum Gasteiger partial charge on any atom is 0.251 e. The highest BCUT2D eigenvalue weighted by Gasteiger charge is 2.32. The van der Waals surface area contributed by atoms with E-state index in [1.807, 2.05) is 13.0 Å². The van der Waals surface area contributed by atoms with Crippen LogP contribution in [0.15, 0.2) is 18.2 Å². The average Bonchev–Trinajstić information content (AvgIpc) is 2.82. The molecule has 1 aromatic rings. The molecule has 2 heterocycles. The van der Waals surface area contributed by atoms with Gasteiger partial charge in [0.1, 0.15) is 0 Å². The van der Waals surface area contributed by atoms with Crippen LogP contribution in [0.1, 0.15) is 35.7 Å². The number of hydrogen-bond acceptors (Lipinski definition) is 4. The van der Waals surface area contributed by atoms with Gasteiger partial charge in [-0.25, -0.2) is 8.42 Å². The molecule has 0 aromatic heterocycles. The first-order chi connectivity index (χ1) is 10.9. The Bertz CT molecular complexity index is 711. The van der Waals surface area contributed by atoms with Crippen LogP contribution in [-0.4, -0.2) is 45.8 Å². The summed E-state index contributed by atoms with van der Waals surface area (Å²) in [7, 11) is -3.30. The summed E-state index contributed by atoms with van der Waals surface area (Å²) >= 11 is 0. The van der Waals surface area contributed by atoms with E-state index in [-0.39, 0.29) is 18.0 Å². The molecule has 0 bridgehead atoms. The topological polar surface area (TPSA) is 78.5 Å². The van der Waals surface area contributed by atoms with E-state index in [4.69, 9.17) is 0 Å². The van der Waals surface area contributed by atoms with Crippen LogP contribution < -0.4 is 14.9 Å². The predicted molar refractivity (Wildman–Crippen MR) is 90.3 cm³/mol. The fraction of sp³-hybridized carbons (Fsp3) is 0.562. The average molecular weight is 337 g/mol. The largest absolute Gasteiger partial charge is 0.348 e. The highest BCUT2D eigenvalue weighted by molar-refractivity contribution is 7.92. The van der Waals surface area contributed by atoms with Crippen molar-refractivity contribution in [3.05, 3.63) is 29.3 Å². The summed E-state index contributed by atoms with van der Waals surface area (Å²) in [6.45, 7) is 3.69. The molecule has 2 atom stereocenters. The third-order valence-corrected chi connectivity index (χ3v) is 5.76. The molecule has 2 aliphatic heterocycles. The first-order valence-electron chi connectivity index (χ1n) is 8.00. The van der Waals surface area contributed by atoms with Gasteiger partial charge in [0.25, 0.3) is 5.91 Å². The lowest BCUT2D eigenvalue weighted by Gasteiger charge is -2.24. The van der Waals surface area contributed by atoms with E-state index in [0.717, 1.165) is 31.5 Å². The number of benzene rings is 1. The molecule has 1 fully saturated rings. The van der Waals surface area contributed by atoms with Crippen LogP contribution >= 0.6 is 0 Å². The molecular weight excluding hydrogens is 314 g/mol. The molecule has 0 radical (unpaired) electrons. The maximum atomic E-state index is 12.4. The van der Waals surface area contributed by atoms with Crippen molar-refractivity contribution in [3.63, 3.8) is 0 Å². The molecule has 126 valence electrons. The minimum absolute atomic E-state index is 0.0908. The summed E-state index contributed by atoms with van der Waals surface area (Å²) < 4.78 is 25.3. The van der Waals surface area contributed by atoms with Crippen molar-refractivity contribution in [2.24, 2.45) is 0 Å². The fourth-order valence-electron chi connectivity index (χ4n) is 3.49. The quantitative estimate of drug-likeness (QED) is 0.858. The molecule has 2 N–H and O–H groups in total. The second kappa shape index (κ2) is 6.13. The lowest BCUT2D eigenvalue weighted by atomic mass is 10.0. The number of nitrogens with one attached hydrogen (secondary N) is 2. The normalized spacial score (nSPS) is 24.3. The van der Waals surface area contributed by atoms with Gasteiger partial charge in [0.2, 0.25) is 10.0 Å². The fourth-order valence-corrected chi connectivity index (χ4v) is 4.76. The van der Waals surface area contributed by atoms with Gasteiger partial charge in [-0.3, -0.25) is 9.10 Å². The Morgan fingerprint density at radius 1 is 1.39 bits per heavy atom. The number of carbonyl (C=O) groups is 1. The summed E-state index contributed by atoms with van der Waals surface area (Å²) in [6.07, 6.45) is 3.91. The summed E-state index contributed by atoms with van der Waals surface area (Å²) in [5.74, 6) is -0.0908.